The Morgan fingerprint density at radius 1 is 0.969 bits per heavy atom. The Balaban J connectivity index is 1.73. The van der Waals surface area contributed by atoms with Gasteiger partial charge in [0, 0.05) is 12.1 Å². The van der Waals surface area contributed by atoms with Gasteiger partial charge in [-0.05, 0) is 47.4 Å². The summed E-state index contributed by atoms with van der Waals surface area (Å²) in [6.07, 6.45) is 0.624. The van der Waals surface area contributed by atoms with Crippen molar-refractivity contribution < 1.29 is 24.5 Å². The molecule has 1 heterocycles. The van der Waals surface area contributed by atoms with E-state index in [1.807, 2.05) is 30.3 Å². The van der Waals surface area contributed by atoms with Crippen LogP contribution in [-0.4, -0.2) is 40.6 Å². The molecule has 6 heteroatoms. The number of carboxylic acid groups (broad SMARTS) is 1. The molecule has 1 amide bonds. The maximum Gasteiger partial charge on any atom is 0.335 e. The lowest BCUT2D eigenvalue weighted by Gasteiger charge is -2.27. The quantitative estimate of drug-likeness (QED) is 0.578. The lowest BCUT2D eigenvalue weighted by molar-refractivity contribution is -0.129. The normalized spacial score (nSPS) is 15.8. The molecule has 0 bridgehead atoms. The number of aromatic carboxylic acids is 1. The van der Waals surface area contributed by atoms with E-state index in [1.54, 1.807) is 48.4 Å². The van der Waals surface area contributed by atoms with Gasteiger partial charge >= 0.3 is 5.97 Å². The van der Waals surface area contributed by atoms with E-state index < -0.39 is 17.9 Å². The second-order valence-electron chi connectivity index (χ2n) is 7.55. The molecule has 1 aliphatic heterocycles. The number of carbonyl (C=O) groups excluding carboxylic acids is 1. The minimum atomic E-state index is -1.02. The molecule has 6 nitrogen and oxygen atoms in total. The summed E-state index contributed by atoms with van der Waals surface area (Å²) in [4.78, 5) is 26.0. The van der Waals surface area contributed by atoms with E-state index in [9.17, 15) is 19.8 Å². The highest BCUT2D eigenvalue weighted by atomic mass is 16.5. The minimum absolute atomic E-state index is 0.160. The van der Waals surface area contributed by atoms with E-state index >= 15 is 0 Å². The van der Waals surface area contributed by atoms with Crippen LogP contribution in [0.2, 0.25) is 0 Å². The molecule has 162 valence electrons. The zero-order valence-electron chi connectivity index (χ0n) is 17.6. The summed E-state index contributed by atoms with van der Waals surface area (Å²) < 4.78 is 5.22. The van der Waals surface area contributed by atoms with Gasteiger partial charge in [0.15, 0.2) is 5.76 Å². The Morgan fingerprint density at radius 2 is 1.62 bits per heavy atom. The smallest absolute Gasteiger partial charge is 0.335 e. The van der Waals surface area contributed by atoms with Gasteiger partial charge in [-0.2, -0.15) is 0 Å². The van der Waals surface area contributed by atoms with Gasteiger partial charge in [-0.25, -0.2) is 4.79 Å². The van der Waals surface area contributed by atoms with Crippen LogP contribution in [0.15, 0.2) is 84.6 Å². The molecule has 3 aromatic rings. The number of aliphatic hydroxyl groups excluding tert-OH is 1. The largest absolute Gasteiger partial charge is 0.503 e. The minimum Gasteiger partial charge on any atom is -0.503 e. The lowest BCUT2D eigenvalue weighted by Crippen LogP contribution is -2.32. The van der Waals surface area contributed by atoms with Gasteiger partial charge in [0.05, 0.1) is 18.7 Å². The number of benzene rings is 3. The number of ether oxygens (including phenoxy) is 1. The summed E-state index contributed by atoms with van der Waals surface area (Å²) in [5, 5.41) is 20.1. The van der Waals surface area contributed by atoms with Crippen molar-refractivity contribution in [2.24, 2.45) is 0 Å². The van der Waals surface area contributed by atoms with Gasteiger partial charge in [-0.15, -0.1) is 0 Å². The van der Waals surface area contributed by atoms with Crippen LogP contribution < -0.4 is 4.74 Å². The molecule has 4 rings (SSSR count). The van der Waals surface area contributed by atoms with Gasteiger partial charge in [-0.1, -0.05) is 54.6 Å². The average molecular weight is 429 g/mol. The molecule has 32 heavy (non-hydrogen) atoms. The number of methoxy groups -OCH3 is 1. The van der Waals surface area contributed by atoms with E-state index in [0.717, 1.165) is 11.1 Å². The highest BCUT2D eigenvalue weighted by Crippen LogP contribution is 2.43. The molecule has 1 atom stereocenters. The predicted octanol–water partition coefficient (Wildman–Crippen LogP) is 4.49. The third-order valence-electron chi connectivity index (χ3n) is 5.66. The van der Waals surface area contributed by atoms with Crippen LogP contribution in [-0.2, 0) is 11.2 Å². The van der Waals surface area contributed by atoms with Crippen LogP contribution in [0.1, 0.15) is 33.1 Å². The fourth-order valence-corrected chi connectivity index (χ4v) is 4.00. The summed E-state index contributed by atoms with van der Waals surface area (Å²) in [5.74, 6) is -1.09. The SMILES string of the molecule is COc1ccc(C2=C(O)C(=O)N(CCc3ccccc3)[C@H]2c2ccc(C(=O)O)cc2)cc1. The second kappa shape index (κ2) is 8.98. The Bertz CT molecular complexity index is 1150. The fraction of sp³-hybridized carbons (Fsp3) is 0.154. The Labute approximate surface area is 186 Å². The summed E-state index contributed by atoms with van der Waals surface area (Å²) >= 11 is 0. The number of rotatable bonds is 7. The molecule has 0 spiro atoms. The van der Waals surface area contributed by atoms with Crippen molar-refractivity contribution >= 4 is 17.4 Å². The maximum absolute atomic E-state index is 13.1. The van der Waals surface area contributed by atoms with Crippen molar-refractivity contribution in [3.8, 4) is 5.75 Å². The Morgan fingerprint density at radius 3 is 2.22 bits per heavy atom. The first-order chi connectivity index (χ1) is 15.5. The molecule has 3 aromatic carbocycles. The van der Waals surface area contributed by atoms with Crippen molar-refractivity contribution in [1.29, 1.82) is 0 Å². The number of amides is 1. The standard InChI is InChI=1S/C26H23NO5/c1-32-21-13-11-18(12-14-21)22-23(19-7-9-20(10-8-19)26(30)31)27(25(29)24(22)28)16-15-17-5-3-2-4-6-17/h2-14,23,28H,15-16H2,1H3,(H,30,31)/t23-/m0/s1. The first-order valence-corrected chi connectivity index (χ1v) is 10.3. The monoisotopic (exact) mass is 429 g/mol. The number of carboxylic acids is 1. The van der Waals surface area contributed by atoms with Crippen LogP contribution in [0.4, 0.5) is 0 Å². The summed E-state index contributed by atoms with van der Waals surface area (Å²) in [6.45, 7) is 0.401. The van der Waals surface area contributed by atoms with Gasteiger partial charge in [0.25, 0.3) is 5.91 Å². The summed E-state index contributed by atoms with van der Waals surface area (Å²) in [6, 6.07) is 22.8. The second-order valence-corrected chi connectivity index (χ2v) is 7.55. The van der Waals surface area contributed by atoms with E-state index in [2.05, 4.69) is 0 Å². The van der Waals surface area contributed by atoms with Crippen LogP contribution >= 0.6 is 0 Å². The lowest BCUT2D eigenvalue weighted by atomic mass is 9.92. The van der Waals surface area contributed by atoms with Crippen LogP contribution in [0.5, 0.6) is 5.75 Å². The van der Waals surface area contributed by atoms with Crippen molar-refractivity contribution in [1.82, 2.24) is 4.90 Å². The van der Waals surface area contributed by atoms with Crippen molar-refractivity contribution in [2.45, 2.75) is 12.5 Å². The third kappa shape index (κ3) is 4.07. The van der Waals surface area contributed by atoms with Crippen molar-refractivity contribution in [3.63, 3.8) is 0 Å². The molecule has 0 saturated heterocycles. The van der Waals surface area contributed by atoms with E-state index in [1.165, 1.54) is 12.1 Å². The summed E-state index contributed by atoms with van der Waals surface area (Å²) in [7, 11) is 1.57. The Kier molecular flexibility index (Phi) is 5.94. The molecule has 0 radical (unpaired) electrons. The van der Waals surface area contributed by atoms with Gasteiger partial charge in [0.2, 0.25) is 0 Å². The molecule has 2 N–H and O–H groups in total. The number of nitrogens with zero attached hydrogens (tertiary/aromatic N) is 1. The van der Waals surface area contributed by atoms with Crippen LogP contribution in [0, 0.1) is 0 Å². The molecular weight excluding hydrogens is 406 g/mol. The molecule has 1 aliphatic rings. The predicted molar refractivity (Wildman–Crippen MR) is 121 cm³/mol. The first-order valence-electron chi connectivity index (χ1n) is 10.3. The molecule has 0 fully saturated rings. The fourth-order valence-electron chi connectivity index (χ4n) is 4.00. The molecule has 0 saturated carbocycles. The van der Waals surface area contributed by atoms with E-state index in [-0.39, 0.29) is 11.3 Å². The molecular formula is C26H23NO5. The highest BCUT2D eigenvalue weighted by molar-refractivity contribution is 6.05. The van der Waals surface area contributed by atoms with E-state index in [4.69, 9.17) is 4.74 Å². The van der Waals surface area contributed by atoms with E-state index in [0.29, 0.717) is 29.9 Å². The zero-order valence-corrected chi connectivity index (χ0v) is 17.6. The summed E-state index contributed by atoms with van der Waals surface area (Å²) in [5.41, 5.74) is 3.16. The number of carbonyl (C=O) groups is 2. The first kappa shape index (κ1) is 21.2. The number of aliphatic hydroxyl groups is 1. The number of hydrogen-bond donors (Lipinski definition) is 2. The van der Waals surface area contributed by atoms with Crippen LogP contribution in [0.25, 0.3) is 5.57 Å². The van der Waals surface area contributed by atoms with Gasteiger partial charge in [-0.3, -0.25) is 4.79 Å². The van der Waals surface area contributed by atoms with Crippen molar-refractivity contribution in [2.75, 3.05) is 13.7 Å². The average Bonchev–Trinajstić information content (AvgIpc) is 3.08. The highest BCUT2D eigenvalue weighted by Gasteiger charge is 2.40. The zero-order chi connectivity index (χ0) is 22.7. The van der Waals surface area contributed by atoms with Gasteiger partial charge in [0.1, 0.15) is 5.75 Å². The Hall–Kier alpha value is -4.06. The molecule has 0 aromatic heterocycles. The van der Waals surface area contributed by atoms with Gasteiger partial charge < -0.3 is 19.8 Å². The molecule has 0 aliphatic carbocycles. The topological polar surface area (TPSA) is 87.1 Å². The third-order valence-corrected chi connectivity index (χ3v) is 5.66. The molecule has 0 unspecified atom stereocenters. The number of hydrogen-bond acceptors (Lipinski definition) is 4. The van der Waals surface area contributed by atoms with Crippen LogP contribution in [0.3, 0.4) is 0 Å². The van der Waals surface area contributed by atoms with Crippen molar-refractivity contribution in [3.05, 3.63) is 107 Å². The maximum atomic E-state index is 13.1.